The molecule has 0 radical (unpaired) electrons. The molecule has 1 fully saturated rings. The molecule has 6 heteroatoms. The first kappa shape index (κ1) is 19.3. The summed E-state index contributed by atoms with van der Waals surface area (Å²) in [5.41, 5.74) is 3.51. The average Bonchev–Trinajstić information content (AvgIpc) is 3.52. The fourth-order valence-electron chi connectivity index (χ4n) is 4.59. The number of nitrogens with zero attached hydrogens (tertiary/aromatic N) is 3. The minimum atomic E-state index is 0.0948. The number of rotatable bonds is 3. The number of anilines is 1. The summed E-state index contributed by atoms with van der Waals surface area (Å²) in [6.45, 7) is 0. The van der Waals surface area contributed by atoms with E-state index in [1.165, 1.54) is 12.8 Å². The Morgan fingerprint density at radius 2 is 1.66 bits per heavy atom. The van der Waals surface area contributed by atoms with Crippen LogP contribution in [0.1, 0.15) is 36.0 Å². The van der Waals surface area contributed by atoms with Crippen LogP contribution in [0.3, 0.4) is 0 Å². The topological polar surface area (TPSA) is 59.2 Å². The van der Waals surface area contributed by atoms with Crippen LogP contribution in [0.15, 0.2) is 87.1 Å². The van der Waals surface area contributed by atoms with E-state index in [0.29, 0.717) is 11.7 Å². The van der Waals surface area contributed by atoms with Crippen molar-refractivity contribution in [3.63, 3.8) is 0 Å². The van der Waals surface area contributed by atoms with E-state index in [-0.39, 0.29) is 11.9 Å². The van der Waals surface area contributed by atoms with Gasteiger partial charge in [0, 0.05) is 27.0 Å². The molecule has 0 N–H and O–H groups in total. The fraction of sp³-hybridized carbons (Fsp3) is 0.192. The average molecular weight is 440 g/mol. The molecule has 0 spiro atoms. The Bertz CT molecular complexity index is 1300. The van der Waals surface area contributed by atoms with Gasteiger partial charge in [0.05, 0.1) is 11.3 Å². The van der Waals surface area contributed by atoms with Gasteiger partial charge in [-0.3, -0.25) is 4.79 Å². The zero-order chi connectivity index (χ0) is 21.5. The number of hydrogen-bond donors (Lipinski definition) is 0. The van der Waals surface area contributed by atoms with Gasteiger partial charge in [0.1, 0.15) is 0 Å². The molecule has 5 nitrogen and oxygen atoms in total. The van der Waals surface area contributed by atoms with Gasteiger partial charge in [0.15, 0.2) is 0 Å². The predicted molar refractivity (Wildman–Crippen MR) is 125 cm³/mol. The molecule has 4 aromatic rings. The molecular formula is C26H21N3O2S. The van der Waals surface area contributed by atoms with Crippen LogP contribution >= 0.6 is 11.8 Å². The monoisotopic (exact) mass is 439 g/mol. The van der Waals surface area contributed by atoms with Crippen LogP contribution in [0, 0.1) is 0 Å². The number of carbonyl (C=O) groups excluding carboxylic acids is 1. The summed E-state index contributed by atoms with van der Waals surface area (Å²) < 4.78 is 5.52. The first-order chi connectivity index (χ1) is 15.8. The Labute approximate surface area is 190 Å². The predicted octanol–water partition coefficient (Wildman–Crippen LogP) is 6.46. The smallest absolute Gasteiger partial charge is 0.259 e. The maximum atomic E-state index is 13.6. The maximum absolute atomic E-state index is 13.6. The first-order valence-corrected chi connectivity index (χ1v) is 11.7. The lowest BCUT2D eigenvalue weighted by Crippen LogP contribution is -2.39. The summed E-state index contributed by atoms with van der Waals surface area (Å²) in [6, 6.07) is 24.0. The van der Waals surface area contributed by atoms with Gasteiger partial charge < -0.3 is 9.42 Å². The minimum absolute atomic E-state index is 0.0948. The van der Waals surface area contributed by atoms with Gasteiger partial charge in [-0.2, -0.15) is 4.98 Å². The Kier molecular flexibility index (Phi) is 4.80. The van der Waals surface area contributed by atoms with Crippen LogP contribution in [0.5, 0.6) is 0 Å². The van der Waals surface area contributed by atoms with Crippen molar-refractivity contribution in [2.45, 2.75) is 41.5 Å². The Hall–Kier alpha value is -3.38. The van der Waals surface area contributed by atoms with E-state index >= 15 is 0 Å². The highest BCUT2D eigenvalue weighted by Gasteiger charge is 2.34. The quantitative estimate of drug-likeness (QED) is 0.367. The van der Waals surface area contributed by atoms with Crippen LogP contribution in [0.4, 0.5) is 5.69 Å². The number of fused-ring (bicyclic) bond motifs is 2. The molecule has 1 amide bonds. The Morgan fingerprint density at radius 1 is 0.875 bits per heavy atom. The summed E-state index contributed by atoms with van der Waals surface area (Å²) in [6.07, 6.45) is 4.43. The van der Waals surface area contributed by atoms with Crippen LogP contribution in [0.2, 0.25) is 0 Å². The third-order valence-corrected chi connectivity index (χ3v) is 7.29. The molecule has 0 unspecified atom stereocenters. The summed E-state index contributed by atoms with van der Waals surface area (Å²) in [4.78, 5) is 22.2. The first-order valence-electron chi connectivity index (χ1n) is 10.9. The molecule has 3 aromatic carbocycles. The molecule has 0 bridgehead atoms. The van der Waals surface area contributed by atoms with Crippen molar-refractivity contribution in [3.8, 4) is 22.8 Å². The van der Waals surface area contributed by atoms with Gasteiger partial charge in [-0.1, -0.05) is 60.1 Å². The van der Waals surface area contributed by atoms with Gasteiger partial charge in [-0.25, -0.2) is 0 Å². The molecule has 0 atom stereocenters. The normalized spacial score (nSPS) is 16.0. The van der Waals surface area contributed by atoms with Crippen LogP contribution < -0.4 is 4.90 Å². The second-order valence-corrected chi connectivity index (χ2v) is 9.27. The summed E-state index contributed by atoms with van der Waals surface area (Å²) in [7, 11) is 0. The van der Waals surface area contributed by atoms with E-state index in [1.54, 1.807) is 11.8 Å². The summed E-state index contributed by atoms with van der Waals surface area (Å²) in [5, 5.41) is 4.22. The van der Waals surface area contributed by atoms with Gasteiger partial charge in [-0.15, -0.1) is 0 Å². The molecule has 1 aliphatic carbocycles. The lowest BCUT2D eigenvalue weighted by atomic mass is 10.1. The lowest BCUT2D eigenvalue weighted by molar-refractivity contribution is 0.0974. The molecule has 1 saturated carbocycles. The molecule has 0 saturated heterocycles. The fourth-order valence-corrected chi connectivity index (χ4v) is 5.69. The van der Waals surface area contributed by atoms with Gasteiger partial charge in [-0.05, 0) is 55.3 Å². The highest BCUT2D eigenvalue weighted by Crippen LogP contribution is 2.45. The second-order valence-electron chi connectivity index (χ2n) is 8.18. The minimum Gasteiger partial charge on any atom is -0.334 e. The SMILES string of the molecule is O=C1c2ccccc2Sc2cc(-c3noc(-c4ccccc4)n3)ccc2N1C1CCCC1. The number of carbonyl (C=O) groups is 1. The zero-order valence-corrected chi connectivity index (χ0v) is 18.2. The van der Waals surface area contributed by atoms with E-state index in [0.717, 1.165) is 45.0 Å². The zero-order valence-electron chi connectivity index (χ0n) is 17.4. The highest BCUT2D eigenvalue weighted by molar-refractivity contribution is 7.99. The maximum Gasteiger partial charge on any atom is 0.259 e. The van der Waals surface area contributed by atoms with Crippen molar-refractivity contribution in [3.05, 3.63) is 78.4 Å². The van der Waals surface area contributed by atoms with Crippen LogP contribution in [-0.2, 0) is 0 Å². The number of benzene rings is 3. The lowest BCUT2D eigenvalue weighted by Gasteiger charge is -2.29. The molecule has 158 valence electrons. The largest absolute Gasteiger partial charge is 0.334 e. The molecular weight excluding hydrogens is 418 g/mol. The van der Waals surface area contributed by atoms with Crippen LogP contribution in [0.25, 0.3) is 22.8 Å². The van der Waals surface area contributed by atoms with Crippen molar-refractivity contribution in [2.75, 3.05) is 4.90 Å². The van der Waals surface area contributed by atoms with Gasteiger partial charge in [0.25, 0.3) is 11.8 Å². The van der Waals surface area contributed by atoms with Gasteiger partial charge >= 0.3 is 0 Å². The van der Waals surface area contributed by atoms with Crippen LogP contribution in [-0.4, -0.2) is 22.1 Å². The van der Waals surface area contributed by atoms with Crippen molar-refractivity contribution in [1.29, 1.82) is 0 Å². The van der Waals surface area contributed by atoms with Crippen molar-refractivity contribution < 1.29 is 9.32 Å². The van der Waals surface area contributed by atoms with Crippen molar-refractivity contribution in [2.24, 2.45) is 0 Å². The van der Waals surface area contributed by atoms with Crippen molar-refractivity contribution in [1.82, 2.24) is 10.1 Å². The standard InChI is InChI=1S/C26H21N3O2S/c30-26-20-12-6-7-13-22(20)32-23-16-18(14-15-21(23)29(26)19-10-4-5-11-19)24-27-25(31-28-24)17-8-2-1-3-9-17/h1-3,6-9,12-16,19H,4-5,10-11H2. The summed E-state index contributed by atoms with van der Waals surface area (Å²) >= 11 is 1.63. The van der Waals surface area contributed by atoms with E-state index < -0.39 is 0 Å². The van der Waals surface area contributed by atoms with E-state index in [2.05, 4.69) is 16.2 Å². The number of hydrogen-bond acceptors (Lipinski definition) is 5. The van der Waals surface area contributed by atoms with E-state index in [9.17, 15) is 4.79 Å². The van der Waals surface area contributed by atoms with E-state index in [4.69, 9.17) is 4.52 Å². The van der Waals surface area contributed by atoms with Gasteiger partial charge in [0.2, 0.25) is 5.82 Å². The molecule has 1 aliphatic heterocycles. The Balaban J connectivity index is 1.44. The molecule has 2 aliphatic rings. The van der Waals surface area contributed by atoms with E-state index in [1.807, 2.05) is 71.6 Å². The Morgan fingerprint density at radius 3 is 2.50 bits per heavy atom. The molecule has 6 rings (SSSR count). The third kappa shape index (κ3) is 3.31. The molecule has 32 heavy (non-hydrogen) atoms. The molecule has 1 aromatic heterocycles. The highest BCUT2D eigenvalue weighted by atomic mass is 32.2. The molecule has 2 heterocycles. The van der Waals surface area contributed by atoms with Crippen molar-refractivity contribution >= 4 is 23.4 Å². The third-order valence-electron chi connectivity index (χ3n) is 6.17. The summed E-state index contributed by atoms with van der Waals surface area (Å²) in [5.74, 6) is 1.14. The number of aromatic nitrogens is 2. The second kappa shape index (κ2) is 7.95. The number of amides is 1.